The van der Waals surface area contributed by atoms with Gasteiger partial charge in [-0.25, -0.2) is 0 Å². The van der Waals surface area contributed by atoms with Gasteiger partial charge in [-0.1, -0.05) is 6.07 Å². The Bertz CT molecular complexity index is 562. The lowest BCUT2D eigenvalue weighted by Crippen LogP contribution is -2.34. The minimum atomic E-state index is -0.129. The molecular formula is C12H15N5O2S. The van der Waals surface area contributed by atoms with Gasteiger partial charge in [0.15, 0.2) is 0 Å². The lowest BCUT2D eigenvalue weighted by Gasteiger charge is -2.09. The standard InChI is InChI=1S/C12H15N5O2S/c18-11(13-7-9-3-1-5-19-9)8-17-15-12(14-16-17)10-4-2-6-20-10/h2,4,6,9H,1,3,5,7-8H2,(H,13,18). The molecule has 20 heavy (non-hydrogen) atoms. The highest BCUT2D eigenvalue weighted by atomic mass is 32.1. The van der Waals surface area contributed by atoms with Crippen LogP contribution in [0.3, 0.4) is 0 Å². The number of hydrogen-bond acceptors (Lipinski definition) is 6. The molecule has 8 heteroatoms. The molecule has 2 aromatic heterocycles. The van der Waals surface area contributed by atoms with E-state index >= 15 is 0 Å². The monoisotopic (exact) mass is 293 g/mol. The lowest BCUT2D eigenvalue weighted by atomic mass is 10.2. The van der Waals surface area contributed by atoms with Gasteiger partial charge in [0.2, 0.25) is 11.7 Å². The predicted molar refractivity (Wildman–Crippen MR) is 73.1 cm³/mol. The number of nitrogens with zero attached hydrogens (tertiary/aromatic N) is 4. The Morgan fingerprint density at radius 3 is 3.30 bits per heavy atom. The van der Waals surface area contributed by atoms with Crippen LogP contribution in [0.4, 0.5) is 0 Å². The number of amides is 1. The first-order valence-corrected chi connectivity index (χ1v) is 7.39. The summed E-state index contributed by atoms with van der Waals surface area (Å²) in [5.41, 5.74) is 0. The number of tetrazole rings is 1. The molecule has 2 aromatic rings. The topological polar surface area (TPSA) is 81.9 Å². The van der Waals surface area contributed by atoms with E-state index in [0.29, 0.717) is 12.4 Å². The van der Waals surface area contributed by atoms with E-state index in [1.165, 1.54) is 16.1 Å². The third-order valence-corrected chi connectivity index (χ3v) is 3.90. The molecule has 1 aliphatic rings. The molecule has 0 saturated carbocycles. The van der Waals surface area contributed by atoms with Gasteiger partial charge in [-0.05, 0) is 29.5 Å². The van der Waals surface area contributed by atoms with E-state index in [-0.39, 0.29) is 18.6 Å². The van der Waals surface area contributed by atoms with Crippen molar-refractivity contribution in [3.63, 3.8) is 0 Å². The molecule has 1 unspecified atom stereocenters. The van der Waals surface area contributed by atoms with Crippen molar-refractivity contribution in [1.82, 2.24) is 25.5 Å². The lowest BCUT2D eigenvalue weighted by molar-refractivity contribution is -0.122. The third-order valence-electron chi connectivity index (χ3n) is 3.03. The summed E-state index contributed by atoms with van der Waals surface area (Å²) in [6.45, 7) is 1.41. The summed E-state index contributed by atoms with van der Waals surface area (Å²) in [4.78, 5) is 14.0. The molecule has 1 saturated heterocycles. The fraction of sp³-hybridized carbons (Fsp3) is 0.500. The third kappa shape index (κ3) is 3.20. The molecule has 1 amide bonds. The van der Waals surface area contributed by atoms with Gasteiger partial charge < -0.3 is 10.1 Å². The Hall–Kier alpha value is -1.80. The average molecular weight is 293 g/mol. The number of carbonyl (C=O) groups is 1. The minimum absolute atomic E-state index is 0.0745. The van der Waals surface area contributed by atoms with Crippen molar-refractivity contribution in [2.75, 3.05) is 13.2 Å². The van der Waals surface area contributed by atoms with Crippen molar-refractivity contribution in [2.45, 2.75) is 25.5 Å². The van der Waals surface area contributed by atoms with Gasteiger partial charge in [0, 0.05) is 13.2 Å². The predicted octanol–water partition coefficient (Wildman–Crippen LogP) is 0.697. The summed E-state index contributed by atoms with van der Waals surface area (Å²) in [5.74, 6) is 0.419. The number of aromatic nitrogens is 4. The fourth-order valence-electron chi connectivity index (χ4n) is 2.03. The van der Waals surface area contributed by atoms with Crippen LogP contribution in [0.25, 0.3) is 10.7 Å². The fourth-order valence-corrected chi connectivity index (χ4v) is 2.68. The number of ether oxygens (including phenoxy) is 1. The van der Waals surface area contributed by atoms with Gasteiger partial charge in [-0.3, -0.25) is 4.79 Å². The number of carbonyl (C=O) groups excluding carboxylic acids is 1. The number of nitrogens with one attached hydrogen (secondary N) is 1. The molecule has 7 nitrogen and oxygen atoms in total. The average Bonchev–Trinajstić information content (AvgIpc) is 3.18. The van der Waals surface area contributed by atoms with Crippen LogP contribution in [-0.4, -0.2) is 45.4 Å². The van der Waals surface area contributed by atoms with Gasteiger partial charge in [0.1, 0.15) is 6.54 Å². The van der Waals surface area contributed by atoms with Crippen LogP contribution >= 0.6 is 11.3 Å². The molecular weight excluding hydrogens is 278 g/mol. The van der Waals surface area contributed by atoms with Crippen LogP contribution in [0.1, 0.15) is 12.8 Å². The molecule has 0 aliphatic carbocycles. The van der Waals surface area contributed by atoms with Crippen molar-refractivity contribution in [3.8, 4) is 10.7 Å². The number of hydrogen-bond donors (Lipinski definition) is 1. The normalized spacial score (nSPS) is 18.3. The number of thiophene rings is 1. The molecule has 0 radical (unpaired) electrons. The quantitative estimate of drug-likeness (QED) is 0.877. The van der Waals surface area contributed by atoms with E-state index < -0.39 is 0 Å². The highest BCUT2D eigenvalue weighted by molar-refractivity contribution is 7.13. The maximum atomic E-state index is 11.8. The van der Waals surface area contributed by atoms with Gasteiger partial charge >= 0.3 is 0 Å². The van der Waals surface area contributed by atoms with Crippen LogP contribution in [0.15, 0.2) is 17.5 Å². The van der Waals surface area contributed by atoms with Crippen molar-refractivity contribution in [2.24, 2.45) is 0 Å². The Balaban J connectivity index is 1.51. The van der Waals surface area contributed by atoms with E-state index in [2.05, 4.69) is 20.7 Å². The molecule has 3 rings (SSSR count). The van der Waals surface area contributed by atoms with E-state index in [4.69, 9.17) is 4.74 Å². The molecule has 3 heterocycles. The van der Waals surface area contributed by atoms with Crippen LogP contribution in [-0.2, 0) is 16.1 Å². The van der Waals surface area contributed by atoms with Gasteiger partial charge in [-0.15, -0.1) is 21.5 Å². The van der Waals surface area contributed by atoms with Gasteiger partial charge in [0.25, 0.3) is 0 Å². The van der Waals surface area contributed by atoms with Crippen LogP contribution in [0, 0.1) is 0 Å². The molecule has 1 N–H and O–H groups in total. The van der Waals surface area contributed by atoms with E-state index in [9.17, 15) is 4.79 Å². The summed E-state index contributed by atoms with van der Waals surface area (Å²) in [6, 6.07) is 3.85. The smallest absolute Gasteiger partial charge is 0.243 e. The van der Waals surface area contributed by atoms with E-state index in [0.717, 1.165) is 24.3 Å². The second-order valence-corrected chi connectivity index (χ2v) is 5.51. The first-order chi connectivity index (χ1) is 9.81. The molecule has 1 aliphatic heterocycles. The molecule has 1 atom stereocenters. The Labute approximate surface area is 119 Å². The van der Waals surface area contributed by atoms with Gasteiger partial charge in [0.05, 0.1) is 11.0 Å². The second-order valence-electron chi connectivity index (χ2n) is 4.56. The summed E-state index contributed by atoms with van der Waals surface area (Å²) in [6.07, 6.45) is 2.21. The van der Waals surface area contributed by atoms with Crippen molar-refractivity contribution in [1.29, 1.82) is 0 Å². The Morgan fingerprint density at radius 2 is 2.55 bits per heavy atom. The van der Waals surface area contributed by atoms with Crippen molar-refractivity contribution in [3.05, 3.63) is 17.5 Å². The summed E-state index contributed by atoms with van der Waals surface area (Å²) in [5, 5.41) is 16.8. The van der Waals surface area contributed by atoms with Crippen molar-refractivity contribution < 1.29 is 9.53 Å². The Morgan fingerprint density at radius 1 is 1.60 bits per heavy atom. The first-order valence-electron chi connectivity index (χ1n) is 6.51. The molecule has 0 bridgehead atoms. The van der Waals surface area contributed by atoms with E-state index in [1.54, 1.807) is 0 Å². The van der Waals surface area contributed by atoms with Gasteiger partial charge in [-0.2, -0.15) is 4.80 Å². The maximum Gasteiger partial charge on any atom is 0.243 e. The van der Waals surface area contributed by atoms with Crippen LogP contribution in [0.2, 0.25) is 0 Å². The SMILES string of the molecule is O=C(Cn1nnc(-c2cccs2)n1)NCC1CCCO1. The summed E-state index contributed by atoms with van der Waals surface area (Å²) >= 11 is 1.54. The van der Waals surface area contributed by atoms with Crippen molar-refractivity contribution >= 4 is 17.2 Å². The summed E-state index contributed by atoms with van der Waals surface area (Å²) in [7, 11) is 0. The number of rotatable bonds is 5. The Kier molecular flexibility index (Phi) is 4.03. The molecule has 0 spiro atoms. The highest BCUT2D eigenvalue weighted by Gasteiger charge is 2.16. The highest BCUT2D eigenvalue weighted by Crippen LogP contribution is 2.19. The summed E-state index contributed by atoms with van der Waals surface area (Å²) < 4.78 is 5.44. The molecule has 0 aromatic carbocycles. The molecule has 1 fully saturated rings. The maximum absolute atomic E-state index is 11.8. The van der Waals surface area contributed by atoms with E-state index in [1.807, 2.05) is 17.5 Å². The largest absolute Gasteiger partial charge is 0.376 e. The first kappa shape index (κ1) is 13.2. The minimum Gasteiger partial charge on any atom is -0.376 e. The van der Waals surface area contributed by atoms with Crippen LogP contribution in [0.5, 0.6) is 0 Å². The second kappa shape index (κ2) is 6.10. The zero-order valence-corrected chi connectivity index (χ0v) is 11.7. The van der Waals surface area contributed by atoms with Crippen LogP contribution < -0.4 is 5.32 Å². The molecule has 106 valence electrons. The zero-order chi connectivity index (χ0) is 13.8. The zero-order valence-electron chi connectivity index (χ0n) is 10.9.